The van der Waals surface area contributed by atoms with Crippen LogP contribution in [0.5, 0.6) is 0 Å². The molecule has 0 spiro atoms. The molecule has 2 rings (SSSR count). The number of nitrogens with one attached hydrogen (secondary N) is 2. The van der Waals surface area contributed by atoms with Gasteiger partial charge in [0.15, 0.2) is 5.96 Å². The summed E-state index contributed by atoms with van der Waals surface area (Å²) >= 11 is 1.84. The summed E-state index contributed by atoms with van der Waals surface area (Å²) in [4.78, 5) is 4.86. The van der Waals surface area contributed by atoms with Gasteiger partial charge in [0, 0.05) is 45.5 Å². The second-order valence-electron chi connectivity index (χ2n) is 6.44. The van der Waals surface area contributed by atoms with E-state index in [1.54, 1.807) is 13.4 Å². The SMILES string of the molecule is COCCC1(CN=C(NCCSC)NCCc2ccco2)CCC1.I. The van der Waals surface area contributed by atoms with Crippen LogP contribution in [0, 0.1) is 5.41 Å². The van der Waals surface area contributed by atoms with Gasteiger partial charge in [-0.3, -0.25) is 4.99 Å². The van der Waals surface area contributed by atoms with Gasteiger partial charge in [-0.25, -0.2) is 0 Å². The molecule has 0 bridgehead atoms. The maximum absolute atomic E-state index is 5.38. The van der Waals surface area contributed by atoms with Crippen molar-refractivity contribution in [3.8, 4) is 0 Å². The number of nitrogens with zero attached hydrogens (tertiary/aromatic N) is 1. The van der Waals surface area contributed by atoms with Crippen LogP contribution in [0.25, 0.3) is 0 Å². The van der Waals surface area contributed by atoms with Gasteiger partial charge in [-0.2, -0.15) is 11.8 Å². The van der Waals surface area contributed by atoms with Gasteiger partial charge >= 0.3 is 0 Å². The zero-order chi connectivity index (χ0) is 17.1. The average molecular weight is 481 g/mol. The summed E-state index contributed by atoms with van der Waals surface area (Å²) in [6.07, 6.45) is 9.67. The van der Waals surface area contributed by atoms with E-state index in [-0.39, 0.29) is 24.0 Å². The van der Waals surface area contributed by atoms with E-state index in [1.807, 2.05) is 23.9 Å². The van der Waals surface area contributed by atoms with Gasteiger partial charge in [0.1, 0.15) is 5.76 Å². The highest BCUT2D eigenvalue weighted by atomic mass is 127. The molecule has 1 heterocycles. The Morgan fingerprint density at radius 3 is 2.76 bits per heavy atom. The van der Waals surface area contributed by atoms with Crippen molar-refractivity contribution in [2.24, 2.45) is 10.4 Å². The van der Waals surface area contributed by atoms with E-state index in [0.29, 0.717) is 5.41 Å². The van der Waals surface area contributed by atoms with Gasteiger partial charge in [0.2, 0.25) is 0 Å². The van der Waals surface area contributed by atoms with Crippen molar-refractivity contribution in [2.75, 3.05) is 45.4 Å². The Kier molecular flexibility index (Phi) is 11.6. The number of methoxy groups -OCH3 is 1. The third-order valence-corrected chi connectivity index (χ3v) is 5.28. The minimum Gasteiger partial charge on any atom is -0.469 e. The fourth-order valence-electron chi connectivity index (χ4n) is 2.93. The Morgan fingerprint density at radius 2 is 2.16 bits per heavy atom. The fourth-order valence-corrected chi connectivity index (χ4v) is 3.24. The van der Waals surface area contributed by atoms with E-state index < -0.39 is 0 Å². The van der Waals surface area contributed by atoms with E-state index in [2.05, 4.69) is 16.9 Å². The molecule has 0 aromatic carbocycles. The van der Waals surface area contributed by atoms with Crippen molar-refractivity contribution < 1.29 is 9.15 Å². The third-order valence-electron chi connectivity index (χ3n) is 4.67. The monoisotopic (exact) mass is 481 g/mol. The predicted octanol–water partition coefficient (Wildman–Crippen LogP) is 3.55. The summed E-state index contributed by atoms with van der Waals surface area (Å²) in [5.74, 6) is 2.99. The van der Waals surface area contributed by atoms with Crippen molar-refractivity contribution >= 4 is 41.7 Å². The molecule has 1 aliphatic rings. The Bertz CT molecular complexity index is 479. The molecule has 5 nitrogen and oxygen atoms in total. The maximum Gasteiger partial charge on any atom is 0.191 e. The highest BCUT2D eigenvalue weighted by molar-refractivity contribution is 14.0. The van der Waals surface area contributed by atoms with Crippen LogP contribution in [0.1, 0.15) is 31.4 Å². The number of halogens is 1. The van der Waals surface area contributed by atoms with Gasteiger partial charge in [-0.1, -0.05) is 6.42 Å². The number of aliphatic imine (C=N–C) groups is 1. The number of furan rings is 1. The number of ether oxygens (including phenoxy) is 1. The first kappa shape index (κ1) is 22.6. The summed E-state index contributed by atoms with van der Waals surface area (Å²) < 4.78 is 10.7. The molecule has 0 unspecified atom stereocenters. The van der Waals surface area contributed by atoms with Crippen molar-refractivity contribution in [3.05, 3.63) is 24.2 Å². The second-order valence-corrected chi connectivity index (χ2v) is 7.42. The maximum atomic E-state index is 5.38. The molecule has 0 amide bonds. The molecular weight excluding hydrogens is 449 g/mol. The van der Waals surface area contributed by atoms with E-state index >= 15 is 0 Å². The van der Waals surface area contributed by atoms with Gasteiger partial charge in [0.25, 0.3) is 0 Å². The molecule has 7 heteroatoms. The Labute approximate surface area is 173 Å². The minimum atomic E-state index is 0. The van der Waals surface area contributed by atoms with Gasteiger partial charge in [0.05, 0.1) is 6.26 Å². The van der Waals surface area contributed by atoms with Crippen LogP contribution in [0.2, 0.25) is 0 Å². The first-order valence-corrected chi connectivity index (χ1v) is 10.2. The van der Waals surface area contributed by atoms with Crippen LogP contribution < -0.4 is 10.6 Å². The lowest BCUT2D eigenvalue weighted by molar-refractivity contribution is 0.0778. The number of guanidine groups is 1. The largest absolute Gasteiger partial charge is 0.469 e. The lowest BCUT2D eigenvalue weighted by atomic mass is 9.67. The normalized spacial score (nSPS) is 16.0. The van der Waals surface area contributed by atoms with Crippen molar-refractivity contribution in [1.29, 1.82) is 0 Å². The topological polar surface area (TPSA) is 58.8 Å². The Hall–Kier alpha value is -0.410. The average Bonchev–Trinajstić information content (AvgIpc) is 3.06. The zero-order valence-corrected chi connectivity index (χ0v) is 18.5. The molecule has 1 aliphatic carbocycles. The predicted molar refractivity (Wildman–Crippen MR) is 117 cm³/mol. The number of hydrogen-bond acceptors (Lipinski definition) is 4. The number of rotatable bonds is 11. The zero-order valence-electron chi connectivity index (χ0n) is 15.4. The number of thioether (sulfide) groups is 1. The van der Waals surface area contributed by atoms with Crippen LogP contribution >= 0.6 is 35.7 Å². The molecule has 1 fully saturated rings. The van der Waals surface area contributed by atoms with E-state index in [4.69, 9.17) is 14.1 Å². The summed E-state index contributed by atoms with van der Waals surface area (Å²) in [6.45, 7) is 3.46. The lowest BCUT2D eigenvalue weighted by Gasteiger charge is -2.40. The molecule has 0 atom stereocenters. The quantitative estimate of drug-likeness (QED) is 0.219. The van der Waals surface area contributed by atoms with E-state index in [9.17, 15) is 0 Å². The third kappa shape index (κ3) is 8.21. The highest BCUT2D eigenvalue weighted by Crippen LogP contribution is 2.44. The van der Waals surface area contributed by atoms with Gasteiger partial charge < -0.3 is 19.8 Å². The van der Waals surface area contributed by atoms with E-state index in [0.717, 1.165) is 56.6 Å². The van der Waals surface area contributed by atoms with Crippen molar-refractivity contribution in [2.45, 2.75) is 32.1 Å². The van der Waals surface area contributed by atoms with E-state index in [1.165, 1.54) is 19.3 Å². The van der Waals surface area contributed by atoms with Crippen LogP contribution in [-0.2, 0) is 11.2 Å². The molecule has 25 heavy (non-hydrogen) atoms. The van der Waals surface area contributed by atoms with Crippen LogP contribution in [0.4, 0.5) is 0 Å². The highest BCUT2D eigenvalue weighted by Gasteiger charge is 2.36. The molecule has 1 aromatic heterocycles. The first-order chi connectivity index (χ1) is 11.8. The Balaban J connectivity index is 0.00000312. The molecule has 0 aliphatic heterocycles. The van der Waals surface area contributed by atoms with Crippen molar-refractivity contribution in [3.63, 3.8) is 0 Å². The number of hydrogen-bond donors (Lipinski definition) is 2. The van der Waals surface area contributed by atoms with Gasteiger partial charge in [-0.05, 0) is 43.1 Å². The van der Waals surface area contributed by atoms with Crippen LogP contribution in [0.15, 0.2) is 27.8 Å². The summed E-state index contributed by atoms with van der Waals surface area (Å²) in [7, 11) is 1.78. The molecule has 1 aromatic rings. The molecule has 0 radical (unpaired) electrons. The van der Waals surface area contributed by atoms with Gasteiger partial charge in [-0.15, -0.1) is 24.0 Å². The molecule has 1 saturated carbocycles. The lowest BCUT2D eigenvalue weighted by Crippen LogP contribution is -2.41. The van der Waals surface area contributed by atoms with Crippen LogP contribution in [0.3, 0.4) is 0 Å². The van der Waals surface area contributed by atoms with Crippen LogP contribution in [-0.4, -0.2) is 51.3 Å². The first-order valence-electron chi connectivity index (χ1n) is 8.80. The Morgan fingerprint density at radius 1 is 1.36 bits per heavy atom. The molecule has 0 saturated heterocycles. The smallest absolute Gasteiger partial charge is 0.191 e. The molecule has 144 valence electrons. The summed E-state index contributed by atoms with van der Waals surface area (Å²) in [6, 6.07) is 3.94. The summed E-state index contributed by atoms with van der Waals surface area (Å²) in [5, 5.41) is 6.87. The minimum absolute atomic E-state index is 0. The standard InChI is InChI=1S/C18H31N3O2S.HI/c1-22-13-9-18(7-4-8-18)15-21-17(20-11-14-24-2)19-10-6-16-5-3-12-23-16;/h3,5,12H,4,6-11,13-15H2,1-2H3,(H2,19,20,21);1H. The molecular formula is C18H32IN3O2S. The fraction of sp³-hybridized carbons (Fsp3) is 0.722. The molecule has 2 N–H and O–H groups in total. The van der Waals surface area contributed by atoms with Crippen molar-refractivity contribution in [1.82, 2.24) is 10.6 Å². The second kappa shape index (κ2) is 12.9. The summed E-state index contributed by atoms with van der Waals surface area (Å²) in [5.41, 5.74) is 0.352.